The van der Waals surface area contributed by atoms with Gasteiger partial charge in [-0.25, -0.2) is 13.4 Å². The normalized spacial score (nSPS) is 16.6. The topological polar surface area (TPSA) is 87.5 Å². The van der Waals surface area contributed by atoms with Crippen LogP contribution in [0, 0.1) is 0 Å². The average molecular weight is 530 g/mol. The number of benzene rings is 2. The second kappa shape index (κ2) is 9.52. The molecule has 1 amide bonds. The van der Waals surface area contributed by atoms with Gasteiger partial charge >= 0.3 is 0 Å². The van der Waals surface area contributed by atoms with Crippen LogP contribution >= 0.6 is 22.9 Å². The van der Waals surface area contributed by atoms with Crippen molar-refractivity contribution < 1.29 is 13.2 Å². The molecular formula is C24H24ClN5O3S2. The number of para-hydroxylation sites is 1. The maximum Gasteiger partial charge on any atom is 0.263 e. The predicted octanol–water partition coefficient (Wildman–Crippen LogP) is 4.29. The molecule has 1 atom stereocenters. The zero-order valence-electron chi connectivity index (χ0n) is 19.0. The fourth-order valence-corrected chi connectivity index (χ4v) is 6.51. The molecule has 0 bridgehead atoms. The summed E-state index contributed by atoms with van der Waals surface area (Å²) in [5.74, 6) is 0.0456. The van der Waals surface area contributed by atoms with Crippen molar-refractivity contribution in [3.63, 3.8) is 0 Å². The lowest BCUT2D eigenvalue weighted by Crippen LogP contribution is -2.54. The van der Waals surface area contributed by atoms with E-state index in [4.69, 9.17) is 11.6 Å². The van der Waals surface area contributed by atoms with Crippen molar-refractivity contribution >= 4 is 60.6 Å². The van der Waals surface area contributed by atoms with E-state index in [9.17, 15) is 13.2 Å². The molecule has 182 valence electrons. The van der Waals surface area contributed by atoms with Gasteiger partial charge in [-0.05, 0) is 43.3 Å². The number of piperazine rings is 1. The van der Waals surface area contributed by atoms with Crippen LogP contribution in [0.3, 0.4) is 0 Å². The van der Waals surface area contributed by atoms with Crippen LogP contribution in [0.5, 0.6) is 0 Å². The molecular weight excluding hydrogens is 506 g/mol. The summed E-state index contributed by atoms with van der Waals surface area (Å²) in [6, 6.07) is 14.5. The van der Waals surface area contributed by atoms with Gasteiger partial charge in [0.2, 0.25) is 5.91 Å². The quantitative estimate of drug-likeness (QED) is 0.402. The van der Waals surface area contributed by atoms with Crippen molar-refractivity contribution in [1.29, 1.82) is 0 Å². The van der Waals surface area contributed by atoms with E-state index in [0.29, 0.717) is 29.8 Å². The Morgan fingerprint density at radius 2 is 1.97 bits per heavy atom. The number of nitrogens with one attached hydrogen (secondary N) is 1. The Morgan fingerprint density at radius 3 is 2.69 bits per heavy atom. The van der Waals surface area contributed by atoms with Crippen molar-refractivity contribution in [3.8, 4) is 0 Å². The van der Waals surface area contributed by atoms with E-state index in [0.717, 1.165) is 16.6 Å². The number of carbonyl (C=O) groups excluding carboxylic acids is 1. The minimum atomic E-state index is -3.69. The molecule has 1 fully saturated rings. The Bertz CT molecular complexity index is 1450. The molecule has 0 unspecified atom stereocenters. The summed E-state index contributed by atoms with van der Waals surface area (Å²) in [4.78, 5) is 21.3. The second-order valence-electron chi connectivity index (χ2n) is 8.44. The fourth-order valence-electron chi connectivity index (χ4n) is 4.43. The predicted molar refractivity (Wildman–Crippen MR) is 140 cm³/mol. The van der Waals surface area contributed by atoms with E-state index in [1.165, 1.54) is 11.3 Å². The largest absolute Gasteiger partial charge is 0.368 e. The molecule has 1 saturated heterocycles. The number of sulfonamides is 1. The van der Waals surface area contributed by atoms with E-state index in [1.807, 2.05) is 46.9 Å². The lowest BCUT2D eigenvalue weighted by Gasteiger charge is -2.41. The Morgan fingerprint density at radius 1 is 1.17 bits per heavy atom. The Kier molecular flexibility index (Phi) is 6.43. The molecule has 1 aliphatic heterocycles. The highest BCUT2D eigenvalue weighted by molar-refractivity contribution is 7.93. The fraction of sp³-hybridized carbons (Fsp3) is 0.250. The first kappa shape index (κ1) is 23.7. The Balaban J connectivity index is 1.23. The van der Waals surface area contributed by atoms with Crippen molar-refractivity contribution in [2.75, 3.05) is 29.3 Å². The molecule has 1 N–H and O–H groups in total. The van der Waals surface area contributed by atoms with Gasteiger partial charge in [-0.2, -0.15) is 0 Å². The molecule has 35 heavy (non-hydrogen) atoms. The van der Waals surface area contributed by atoms with Gasteiger partial charge < -0.3 is 14.4 Å². The smallest absolute Gasteiger partial charge is 0.263 e. The highest BCUT2D eigenvalue weighted by atomic mass is 35.5. The van der Waals surface area contributed by atoms with Crippen LogP contribution in [-0.2, 0) is 21.4 Å². The maximum absolute atomic E-state index is 13.1. The van der Waals surface area contributed by atoms with E-state index in [2.05, 4.69) is 14.6 Å². The van der Waals surface area contributed by atoms with Crippen molar-refractivity contribution in [2.24, 2.45) is 0 Å². The molecule has 2 aromatic heterocycles. The molecule has 0 radical (unpaired) electrons. The lowest BCUT2D eigenvalue weighted by molar-refractivity contribution is -0.134. The third-order valence-corrected chi connectivity index (χ3v) is 8.64. The summed E-state index contributed by atoms with van der Waals surface area (Å²) >= 11 is 7.59. The summed E-state index contributed by atoms with van der Waals surface area (Å²) < 4.78 is 29.5. The first-order chi connectivity index (χ1) is 16.8. The van der Waals surface area contributed by atoms with Crippen molar-refractivity contribution in [3.05, 3.63) is 71.3 Å². The third kappa shape index (κ3) is 4.86. The number of halogens is 1. The monoisotopic (exact) mass is 529 g/mol. The van der Waals surface area contributed by atoms with Gasteiger partial charge in [0, 0.05) is 54.5 Å². The molecule has 3 heterocycles. The SMILES string of the molecule is C[C@H]1CN(c2ccc(S(=O)(=O)Nc3nccs3)cc2)CCN1C(=O)Cn1ccc2cccc(Cl)c21. The molecule has 8 nitrogen and oxygen atoms in total. The Labute approximate surface area is 212 Å². The summed E-state index contributed by atoms with van der Waals surface area (Å²) in [5, 5.41) is 3.68. The molecule has 0 spiro atoms. The Hall–Kier alpha value is -3.08. The maximum atomic E-state index is 13.1. The number of nitrogens with zero attached hydrogens (tertiary/aromatic N) is 4. The molecule has 1 aliphatic rings. The van der Waals surface area contributed by atoms with E-state index in [1.54, 1.807) is 35.8 Å². The number of aromatic nitrogens is 2. The summed E-state index contributed by atoms with van der Waals surface area (Å²) in [6.45, 7) is 4.16. The van der Waals surface area contributed by atoms with Gasteiger partial charge in [-0.1, -0.05) is 23.7 Å². The van der Waals surface area contributed by atoms with Crippen LogP contribution < -0.4 is 9.62 Å². The summed E-state index contributed by atoms with van der Waals surface area (Å²) in [6.07, 6.45) is 3.45. The van der Waals surface area contributed by atoms with Gasteiger partial charge in [0.05, 0.1) is 15.4 Å². The molecule has 2 aromatic carbocycles. The number of anilines is 2. The first-order valence-electron chi connectivity index (χ1n) is 11.1. The number of hydrogen-bond acceptors (Lipinski definition) is 6. The minimum absolute atomic E-state index is 0.00327. The van der Waals surface area contributed by atoms with Crippen LogP contribution in [0.15, 0.2) is 71.2 Å². The van der Waals surface area contributed by atoms with Crippen molar-refractivity contribution in [2.45, 2.75) is 24.4 Å². The molecule has 11 heteroatoms. The number of thiazole rings is 1. The molecule has 0 aliphatic carbocycles. The van der Waals surface area contributed by atoms with Gasteiger partial charge in [0.15, 0.2) is 5.13 Å². The van der Waals surface area contributed by atoms with Crippen LogP contribution in [0.1, 0.15) is 6.92 Å². The summed E-state index contributed by atoms with van der Waals surface area (Å²) in [7, 11) is -3.69. The zero-order valence-corrected chi connectivity index (χ0v) is 21.4. The van der Waals surface area contributed by atoms with Crippen molar-refractivity contribution in [1.82, 2.24) is 14.5 Å². The van der Waals surface area contributed by atoms with Gasteiger partial charge in [0.25, 0.3) is 10.0 Å². The minimum Gasteiger partial charge on any atom is -0.368 e. The standard InChI is InChI=1S/C24H24ClN5O3S2/c1-17-15-28(19-5-7-20(8-6-19)35(32,33)27-24-26-10-14-34-24)12-13-30(17)22(31)16-29-11-9-18-3-2-4-21(25)23(18)29/h2-11,14,17H,12-13,15-16H2,1H3,(H,26,27)/t17-/m0/s1. The molecule has 0 saturated carbocycles. The number of hydrogen-bond donors (Lipinski definition) is 1. The number of fused-ring (bicyclic) bond motifs is 1. The number of carbonyl (C=O) groups is 1. The average Bonchev–Trinajstić information content (AvgIpc) is 3.49. The number of amides is 1. The molecule has 5 rings (SSSR count). The van der Waals surface area contributed by atoms with Crippen LogP contribution in [0.2, 0.25) is 5.02 Å². The lowest BCUT2D eigenvalue weighted by atomic mass is 10.1. The third-order valence-electron chi connectivity index (χ3n) is 6.16. The number of rotatable bonds is 6. The van der Waals surface area contributed by atoms with E-state index in [-0.39, 0.29) is 23.4 Å². The van der Waals surface area contributed by atoms with Crippen LogP contribution in [0.4, 0.5) is 10.8 Å². The highest BCUT2D eigenvalue weighted by Gasteiger charge is 2.28. The van der Waals surface area contributed by atoms with Gasteiger partial charge in [-0.15, -0.1) is 11.3 Å². The van der Waals surface area contributed by atoms with Crippen LogP contribution in [0.25, 0.3) is 10.9 Å². The van der Waals surface area contributed by atoms with Gasteiger partial charge in [0.1, 0.15) is 6.54 Å². The van der Waals surface area contributed by atoms with Gasteiger partial charge in [-0.3, -0.25) is 9.52 Å². The van der Waals surface area contributed by atoms with E-state index >= 15 is 0 Å². The second-order valence-corrected chi connectivity index (χ2v) is 11.4. The first-order valence-corrected chi connectivity index (χ1v) is 13.9. The van der Waals surface area contributed by atoms with E-state index < -0.39 is 10.0 Å². The summed E-state index contributed by atoms with van der Waals surface area (Å²) in [5.41, 5.74) is 1.79. The van der Waals surface area contributed by atoms with Crippen LogP contribution in [-0.4, -0.2) is 54.5 Å². The molecule has 4 aromatic rings. The zero-order chi connectivity index (χ0) is 24.6. The highest BCUT2D eigenvalue weighted by Crippen LogP contribution is 2.26.